The van der Waals surface area contributed by atoms with E-state index in [9.17, 15) is 0 Å². The molecule has 0 saturated carbocycles. The second kappa shape index (κ2) is 10.7. The first-order chi connectivity index (χ1) is 3.41. The Hall–Kier alpha value is 0.822. The van der Waals surface area contributed by atoms with E-state index in [0.29, 0.717) is 0 Å². The molecule has 0 fully saturated rings. The maximum Gasteiger partial charge on any atom is 0.211 e. The van der Waals surface area contributed by atoms with Gasteiger partial charge in [0.2, 0.25) is 16.3 Å². The summed E-state index contributed by atoms with van der Waals surface area (Å²) in [6.07, 6.45) is 5.78. The molecule has 0 amide bonds. The molecule has 0 heterocycles. The van der Waals surface area contributed by atoms with E-state index >= 15 is 0 Å². The molecule has 0 aliphatic rings. The molecule has 0 nitrogen and oxygen atoms in total. The molecule has 0 aliphatic heterocycles. The number of hydrogen-bond donors (Lipinski definition) is 0. The Bertz CT molecular complexity index is 27.7. The van der Waals surface area contributed by atoms with E-state index in [4.69, 9.17) is 0 Å². The van der Waals surface area contributed by atoms with Crippen molar-refractivity contribution in [3.05, 3.63) is 0 Å². The van der Waals surface area contributed by atoms with Gasteiger partial charge in [-0.25, -0.2) is 0 Å². The van der Waals surface area contributed by atoms with E-state index in [-0.39, 0.29) is 12.4 Å². The zero-order chi connectivity index (χ0) is 5.54. The fraction of sp³-hybridized carbons (Fsp3) is 1.00. The normalized spacial score (nSPS) is 8.12. The zero-order valence-electron chi connectivity index (χ0n) is 5.94. The fourth-order valence-electron chi connectivity index (χ4n) is 0.677. The molecule has 0 aromatic rings. The molecular weight excluding hydrogens is 135 g/mol. The zero-order valence-corrected chi connectivity index (χ0v) is 8.76. The SMILES string of the molecule is CCCCC[CH2][AlH2].Cl. The van der Waals surface area contributed by atoms with Crippen LogP contribution in [0.2, 0.25) is 5.28 Å². The van der Waals surface area contributed by atoms with Crippen LogP contribution in [-0.4, -0.2) is 16.3 Å². The van der Waals surface area contributed by atoms with Gasteiger partial charge in [-0.15, -0.1) is 17.7 Å². The van der Waals surface area contributed by atoms with Crippen molar-refractivity contribution in [3.63, 3.8) is 0 Å². The van der Waals surface area contributed by atoms with Gasteiger partial charge in [0.1, 0.15) is 0 Å². The molecule has 0 rings (SSSR count). The van der Waals surface area contributed by atoms with Crippen LogP contribution in [0, 0.1) is 0 Å². The molecule has 0 saturated heterocycles. The van der Waals surface area contributed by atoms with Crippen molar-refractivity contribution in [2.45, 2.75) is 37.9 Å². The van der Waals surface area contributed by atoms with Gasteiger partial charge in [-0.2, -0.15) is 0 Å². The van der Waals surface area contributed by atoms with Gasteiger partial charge in [0.15, 0.2) is 0 Å². The Labute approximate surface area is 66.9 Å². The van der Waals surface area contributed by atoms with Gasteiger partial charge in [0.05, 0.1) is 0 Å². The molecule has 2 heteroatoms. The summed E-state index contributed by atoms with van der Waals surface area (Å²) < 4.78 is 0. The Kier molecular flexibility index (Phi) is 15.6. The second-order valence-electron chi connectivity index (χ2n) is 2.06. The molecule has 0 spiro atoms. The molecule has 0 atom stereocenters. The third kappa shape index (κ3) is 9.95. The summed E-state index contributed by atoms with van der Waals surface area (Å²) in [7, 11) is 0. The minimum Gasteiger partial charge on any atom is -0.147 e. The number of unbranched alkanes of at least 4 members (excludes halogenated alkanes) is 3. The third-order valence-corrected chi connectivity index (χ3v) is 1.91. The van der Waals surface area contributed by atoms with Gasteiger partial charge in [0, 0.05) is 0 Å². The Morgan fingerprint density at radius 2 is 1.75 bits per heavy atom. The van der Waals surface area contributed by atoms with Crippen LogP contribution in [0.1, 0.15) is 32.6 Å². The highest BCUT2D eigenvalue weighted by molar-refractivity contribution is 6.08. The molecular formula is C6H16AlCl. The number of rotatable bonds is 4. The van der Waals surface area contributed by atoms with Crippen molar-refractivity contribution >= 4 is 28.7 Å². The van der Waals surface area contributed by atoms with Crippen molar-refractivity contribution in [1.29, 1.82) is 0 Å². The minimum absolute atomic E-state index is 0. The second-order valence-corrected chi connectivity index (χ2v) is 3.06. The first kappa shape index (κ1) is 11.6. The molecule has 0 unspecified atom stereocenters. The van der Waals surface area contributed by atoms with Crippen LogP contribution < -0.4 is 0 Å². The highest BCUT2D eigenvalue weighted by Gasteiger charge is 1.80. The quantitative estimate of drug-likeness (QED) is 0.425. The van der Waals surface area contributed by atoms with Crippen LogP contribution in [0.15, 0.2) is 0 Å². The van der Waals surface area contributed by atoms with E-state index in [2.05, 4.69) is 6.92 Å². The van der Waals surface area contributed by atoms with E-state index in [1.165, 1.54) is 47.3 Å². The van der Waals surface area contributed by atoms with Gasteiger partial charge in [-0.05, 0) is 0 Å². The van der Waals surface area contributed by atoms with Crippen LogP contribution >= 0.6 is 12.4 Å². The van der Waals surface area contributed by atoms with E-state index < -0.39 is 0 Å². The maximum atomic E-state index is 2.26. The molecule has 0 radical (unpaired) electrons. The van der Waals surface area contributed by atoms with Crippen LogP contribution in [0.25, 0.3) is 0 Å². The monoisotopic (exact) mass is 150 g/mol. The highest BCUT2D eigenvalue weighted by Crippen LogP contribution is 1.99. The Morgan fingerprint density at radius 3 is 2.12 bits per heavy atom. The highest BCUT2D eigenvalue weighted by atomic mass is 35.5. The molecule has 0 bridgehead atoms. The van der Waals surface area contributed by atoms with E-state index in [1.54, 1.807) is 0 Å². The van der Waals surface area contributed by atoms with Crippen molar-refractivity contribution in [2.24, 2.45) is 0 Å². The maximum absolute atomic E-state index is 2.26. The lowest BCUT2D eigenvalue weighted by atomic mass is 10.2. The molecule has 0 aliphatic carbocycles. The molecule has 8 heavy (non-hydrogen) atoms. The fourth-order valence-corrected chi connectivity index (χ4v) is 1.18. The predicted octanol–water partition coefficient (Wildman–Crippen LogP) is 2.04. The summed E-state index contributed by atoms with van der Waals surface area (Å²) in [6, 6.07) is 0. The lowest BCUT2D eigenvalue weighted by Crippen LogP contribution is -1.72. The summed E-state index contributed by atoms with van der Waals surface area (Å²) in [5.41, 5.74) is 0. The first-order valence-corrected chi connectivity index (χ1v) is 4.83. The van der Waals surface area contributed by atoms with Crippen LogP contribution in [0.5, 0.6) is 0 Å². The first-order valence-electron chi connectivity index (χ1n) is 3.41. The average Bonchev–Trinajstić information content (AvgIpc) is 1.69. The summed E-state index contributed by atoms with van der Waals surface area (Å²) >= 11 is 1.41. The lowest BCUT2D eigenvalue weighted by Gasteiger charge is -1.90. The molecule has 0 N–H and O–H groups in total. The molecule has 0 aromatic carbocycles. The van der Waals surface area contributed by atoms with E-state index in [0.717, 1.165) is 0 Å². The van der Waals surface area contributed by atoms with Gasteiger partial charge in [-0.1, -0.05) is 32.6 Å². The van der Waals surface area contributed by atoms with Gasteiger partial charge in [-0.3, -0.25) is 0 Å². The molecule has 0 aromatic heterocycles. The van der Waals surface area contributed by atoms with Gasteiger partial charge < -0.3 is 0 Å². The van der Waals surface area contributed by atoms with Gasteiger partial charge >= 0.3 is 0 Å². The van der Waals surface area contributed by atoms with Crippen molar-refractivity contribution in [3.8, 4) is 0 Å². The van der Waals surface area contributed by atoms with Crippen LogP contribution in [0.3, 0.4) is 0 Å². The summed E-state index contributed by atoms with van der Waals surface area (Å²) in [6.45, 7) is 2.26. The average molecular weight is 151 g/mol. The van der Waals surface area contributed by atoms with Crippen molar-refractivity contribution in [2.75, 3.05) is 0 Å². The largest absolute Gasteiger partial charge is 0.211 e. The number of hydrogen-bond acceptors (Lipinski definition) is 0. The Morgan fingerprint density at radius 1 is 1.12 bits per heavy atom. The summed E-state index contributed by atoms with van der Waals surface area (Å²) in [4.78, 5) is 0. The van der Waals surface area contributed by atoms with Crippen molar-refractivity contribution in [1.82, 2.24) is 0 Å². The third-order valence-electron chi connectivity index (χ3n) is 1.21. The molecule has 50 valence electrons. The van der Waals surface area contributed by atoms with Crippen molar-refractivity contribution < 1.29 is 0 Å². The smallest absolute Gasteiger partial charge is 0.147 e. The summed E-state index contributed by atoms with van der Waals surface area (Å²) in [5, 5.41) is 1.50. The lowest BCUT2D eigenvalue weighted by molar-refractivity contribution is 0.701. The minimum atomic E-state index is 0. The summed E-state index contributed by atoms with van der Waals surface area (Å²) in [5.74, 6) is 0. The predicted molar refractivity (Wildman–Crippen MR) is 44.7 cm³/mol. The van der Waals surface area contributed by atoms with Crippen LogP contribution in [0.4, 0.5) is 0 Å². The Balaban J connectivity index is 0. The standard InChI is InChI=1S/C6H13.Al.ClH.2H/c1-3-5-6-4-2;;;;/h1,3-6H2,2H3;;1H;;. The van der Waals surface area contributed by atoms with Crippen LogP contribution in [-0.2, 0) is 0 Å². The van der Waals surface area contributed by atoms with Gasteiger partial charge in [0.25, 0.3) is 0 Å². The van der Waals surface area contributed by atoms with E-state index in [1.807, 2.05) is 0 Å². The topological polar surface area (TPSA) is 0 Å². The number of halogens is 1.